The van der Waals surface area contributed by atoms with E-state index in [0.29, 0.717) is 22.5 Å². The summed E-state index contributed by atoms with van der Waals surface area (Å²) < 4.78 is 8.10. The van der Waals surface area contributed by atoms with Crippen LogP contribution in [-0.4, -0.2) is 38.6 Å². The number of aryl methyl sites for hydroxylation is 2. The Kier molecular flexibility index (Phi) is 4.86. The lowest BCUT2D eigenvalue weighted by Gasteiger charge is -2.16. The molecule has 0 spiro atoms. The predicted octanol–water partition coefficient (Wildman–Crippen LogP) is 4.59. The van der Waals surface area contributed by atoms with Crippen molar-refractivity contribution in [2.75, 3.05) is 18.2 Å². The standard InChI is InChI=1S/C22H20N4O3S2/c1-11-4-6-14-17(8-11)31-22(23-14)26-21-19(12(2)25-26)20(30-10-18(28)24-21)13-5-7-15(27)16(9-13)29-3/h4-9,20,27H,10H2,1-3H3,(H,24,28)/t20-/m1/s1. The molecule has 9 heteroatoms. The molecule has 2 N–H and O–H groups in total. The van der Waals surface area contributed by atoms with Crippen LogP contribution in [0.1, 0.15) is 27.6 Å². The molecule has 0 bridgehead atoms. The number of phenolic OH excluding ortho intramolecular Hbond substituents is 1. The highest BCUT2D eigenvalue weighted by atomic mass is 32.2. The second-order valence-electron chi connectivity index (χ2n) is 7.40. The zero-order valence-electron chi connectivity index (χ0n) is 17.2. The Labute approximate surface area is 187 Å². The molecule has 7 nitrogen and oxygen atoms in total. The number of ether oxygens (including phenoxy) is 1. The number of anilines is 1. The summed E-state index contributed by atoms with van der Waals surface area (Å²) in [5.41, 5.74) is 4.75. The van der Waals surface area contributed by atoms with E-state index >= 15 is 0 Å². The minimum absolute atomic E-state index is 0.0801. The third-order valence-electron chi connectivity index (χ3n) is 5.23. The van der Waals surface area contributed by atoms with Crippen LogP contribution < -0.4 is 10.1 Å². The molecule has 1 amide bonds. The van der Waals surface area contributed by atoms with E-state index in [4.69, 9.17) is 14.8 Å². The molecule has 0 unspecified atom stereocenters. The fourth-order valence-corrected chi connectivity index (χ4v) is 5.95. The van der Waals surface area contributed by atoms with Gasteiger partial charge >= 0.3 is 0 Å². The highest BCUT2D eigenvalue weighted by Crippen LogP contribution is 2.45. The molecular formula is C22H20N4O3S2. The van der Waals surface area contributed by atoms with Gasteiger partial charge in [0.2, 0.25) is 11.0 Å². The second-order valence-corrected chi connectivity index (χ2v) is 9.50. The van der Waals surface area contributed by atoms with Gasteiger partial charge in [0.15, 0.2) is 11.5 Å². The zero-order valence-corrected chi connectivity index (χ0v) is 18.8. The number of aromatic nitrogens is 3. The number of amides is 1. The van der Waals surface area contributed by atoms with Crippen molar-refractivity contribution in [3.8, 4) is 16.6 Å². The zero-order chi connectivity index (χ0) is 21.7. The number of carbonyl (C=O) groups excluding carboxylic acids is 1. The number of rotatable bonds is 3. The van der Waals surface area contributed by atoms with Crippen molar-refractivity contribution in [3.05, 3.63) is 58.8 Å². The Morgan fingerprint density at radius 2 is 2.06 bits per heavy atom. The van der Waals surface area contributed by atoms with Crippen LogP contribution in [0.5, 0.6) is 11.5 Å². The minimum atomic E-state index is -0.145. The van der Waals surface area contributed by atoms with Gasteiger partial charge in [0, 0.05) is 5.56 Å². The van der Waals surface area contributed by atoms with E-state index in [-0.39, 0.29) is 16.9 Å². The molecule has 1 atom stereocenters. The van der Waals surface area contributed by atoms with Crippen LogP contribution in [0.25, 0.3) is 15.3 Å². The number of hydrogen-bond acceptors (Lipinski definition) is 7. The van der Waals surface area contributed by atoms with E-state index in [1.165, 1.54) is 24.4 Å². The maximum atomic E-state index is 12.6. The van der Waals surface area contributed by atoms with Crippen molar-refractivity contribution >= 4 is 45.0 Å². The van der Waals surface area contributed by atoms with Gasteiger partial charge in [0.1, 0.15) is 5.82 Å². The number of nitrogens with one attached hydrogen (secondary N) is 1. The van der Waals surface area contributed by atoms with Crippen molar-refractivity contribution in [3.63, 3.8) is 0 Å². The first-order valence-corrected chi connectivity index (χ1v) is 11.6. The number of methoxy groups -OCH3 is 1. The quantitative estimate of drug-likeness (QED) is 0.473. The summed E-state index contributed by atoms with van der Waals surface area (Å²) in [5, 5.41) is 18.3. The Balaban J connectivity index is 1.67. The molecule has 0 radical (unpaired) electrons. The van der Waals surface area contributed by atoms with Gasteiger partial charge in [-0.3, -0.25) is 4.79 Å². The first-order valence-electron chi connectivity index (χ1n) is 9.70. The van der Waals surface area contributed by atoms with Gasteiger partial charge in [-0.05, 0) is 49.2 Å². The molecule has 0 fully saturated rings. The Hall–Kier alpha value is -3.04. The monoisotopic (exact) mass is 452 g/mol. The van der Waals surface area contributed by atoms with Crippen molar-refractivity contribution in [1.29, 1.82) is 0 Å². The molecule has 0 saturated heterocycles. The first kappa shape index (κ1) is 19.9. The lowest BCUT2D eigenvalue weighted by molar-refractivity contribution is -0.113. The van der Waals surface area contributed by atoms with Crippen molar-refractivity contribution < 1.29 is 14.6 Å². The van der Waals surface area contributed by atoms with Crippen molar-refractivity contribution in [2.24, 2.45) is 0 Å². The van der Waals surface area contributed by atoms with E-state index in [1.807, 2.05) is 31.2 Å². The van der Waals surface area contributed by atoms with Gasteiger partial charge < -0.3 is 15.2 Å². The number of phenols is 1. The van der Waals surface area contributed by atoms with Gasteiger partial charge in [0.05, 0.1) is 34.0 Å². The van der Waals surface area contributed by atoms with Crippen LogP contribution in [0.15, 0.2) is 36.4 Å². The summed E-state index contributed by atoms with van der Waals surface area (Å²) in [5.74, 6) is 1.34. The maximum Gasteiger partial charge on any atom is 0.235 e. The Bertz CT molecular complexity index is 1330. The smallest absolute Gasteiger partial charge is 0.235 e. The molecule has 0 saturated carbocycles. The molecular weight excluding hydrogens is 432 g/mol. The molecule has 0 aliphatic carbocycles. The van der Waals surface area contributed by atoms with Crippen molar-refractivity contribution in [2.45, 2.75) is 19.1 Å². The highest BCUT2D eigenvalue weighted by Gasteiger charge is 2.31. The predicted molar refractivity (Wildman–Crippen MR) is 124 cm³/mol. The largest absolute Gasteiger partial charge is 0.504 e. The molecule has 5 rings (SSSR count). The topological polar surface area (TPSA) is 89.3 Å². The van der Waals surface area contributed by atoms with Gasteiger partial charge in [-0.15, -0.1) is 11.8 Å². The van der Waals surface area contributed by atoms with E-state index in [2.05, 4.69) is 18.3 Å². The lowest BCUT2D eigenvalue weighted by atomic mass is 10.0. The van der Waals surface area contributed by atoms with Crippen LogP contribution in [0.2, 0.25) is 0 Å². The number of carbonyl (C=O) groups is 1. The van der Waals surface area contributed by atoms with E-state index in [1.54, 1.807) is 22.1 Å². The third kappa shape index (κ3) is 3.43. The average Bonchev–Trinajstić information content (AvgIpc) is 3.24. The number of aromatic hydroxyl groups is 1. The molecule has 4 aromatic rings. The fourth-order valence-electron chi connectivity index (χ4n) is 3.75. The van der Waals surface area contributed by atoms with Crippen LogP contribution in [0.3, 0.4) is 0 Å². The van der Waals surface area contributed by atoms with Gasteiger partial charge in [-0.2, -0.15) is 9.78 Å². The molecule has 2 aromatic heterocycles. The van der Waals surface area contributed by atoms with E-state index in [0.717, 1.165) is 27.0 Å². The summed E-state index contributed by atoms with van der Waals surface area (Å²) >= 11 is 3.07. The van der Waals surface area contributed by atoms with Crippen LogP contribution in [0, 0.1) is 13.8 Å². The average molecular weight is 453 g/mol. The number of thiazole rings is 1. The summed E-state index contributed by atoms with van der Waals surface area (Å²) in [6, 6.07) is 11.4. The minimum Gasteiger partial charge on any atom is -0.504 e. The molecule has 1 aliphatic heterocycles. The fraction of sp³-hybridized carbons (Fsp3) is 0.227. The maximum absolute atomic E-state index is 12.6. The van der Waals surface area contributed by atoms with Crippen LogP contribution in [-0.2, 0) is 4.79 Å². The van der Waals surface area contributed by atoms with Crippen molar-refractivity contribution in [1.82, 2.24) is 14.8 Å². The van der Waals surface area contributed by atoms with Gasteiger partial charge in [0.25, 0.3) is 0 Å². The van der Waals surface area contributed by atoms with Crippen LogP contribution in [0.4, 0.5) is 5.82 Å². The molecule has 2 aromatic carbocycles. The summed E-state index contributed by atoms with van der Waals surface area (Å²) in [6.07, 6.45) is 0. The number of fused-ring (bicyclic) bond motifs is 2. The molecule has 1 aliphatic rings. The van der Waals surface area contributed by atoms with E-state index in [9.17, 15) is 9.90 Å². The molecule has 158 valence electrons. The lowest BCUT2D eigenvalue weighted by Crippen LogP contribution is -2.15. The second kappa shape index (κ2) is 7.58. The summed E-state index contributed by atoms with van der Waals surface area (Å²) in [4.78, 5) is 17.3. The highest BCUT2D eigenvalue weighted by molar-refractivity contribution is 8.00. The number of nitrogens with zero attached hydrogens (tertiary/aromatic N) is 3. The van der Waals surface area contributed by atoms with E-state index < -0.39 is 0 Å². The number of hydrogen-bond donors (Lipinski definition) is 2. The van der Waals surface area contributed by atoms with Gasteiger partial charge in [-0.25, -0.2) is 4.98 Å². The number of thioether (sulfide) groups is 1. The molecule has 31 heavy (non-hydrogen) atoms. The molecule has 3 heterocycles. The summed E-state index contributed by atoms with van der Waals surface area (Å²) in [7, 11) is 1.52. The van der Waals surface area contributed by atoms with Crippen LogP contribution >= 0.6 is 23.1 Å². The van der Waals surface area contributed by atoms with Gasteiger partial charge in [-0.1, -0.05) is 23.5 Å². The Morgan fingerprint density at radius 1 is 1.23 bits per heavy atom. The summed E-state index contributed by atoms with van der Waals surface area (Å²) in [6.45, 7) is 3.99. The SMILES string of the molecule is COc1cc([C@H]2SCC(=O)Nc3c2c(C)nn3-c2nc3ccc(C)cc3s2)ccc1O. The number of benzene rings is 2. The first-order chi connectivity index (χ1) is 14.9. The normalized spacial score (nSPS) is 16.1. The third-order valence-corrected chi connectivity index (χ3v) is 7.49. The Morgan fingerprint density at radius 3 is 2.87 bits per heavy atom.